The van der Waals surface area contributed by atoms with Gasteiger partial charge in [-0.05, 0) is 25.3 Å². The summed E-state index contributed by atoms with van der Waals surface area (Å²) in [6.07, 6.45) is 4.22. The molecule has 0 radical (unpaired) electrons. The molecule has 3 N–H and O–H groups in total. The fraction of sp³-hybridized carbons (Fsp3) is 0.714. The van der Waals surface area contributed by atoms with Gasteiger partial charge in [-0.15, -0.1) is 0 Å². The molecule has 6 nitrogen and oxygen atoms in total. The van der Waals surface area contributed by atoms with Crippen molar-refractivity contribution in [2.75, 3.05) is 19.8 Å². The van der Waals surface area contributed by atoms with Gasteiger partial charge in [-0.1, -0.05) is 13.8 Å². The molecule has 0 aliphatic carbocycles. The number of nitrogens with two attached hydrogens (primary N) is 1. The number of aryl methyl sites for hydroxylation is 1. The molecule has 0 aliphatic rings. The smallest absolute Gasteiger partial charge is 0.242 e. The largest absolute Gasteiger partial charge is 0.381 e. The van der Waals surface area contributed by atoms with Crippen molar-refractivity contribution in [3.8, 4) is 0 Å². The molecular weight excluding hydrogens is 290 g/mol. The van der Waals surface area contributed by atoms with Gasteiger partial charge in [-0.2, -0.15) is 0 Å². The third kappa shape index (κ3) is 5.78. The summed E-state index contributed by atoms with van der Waals surface area (Å²) in [5, 5.41) is 0. The van der Waals surface area contributed by atoms with Gasteiger partial charge >= 0.3 is 0 Å². The van der Waals surface area contributed by atoms with Crippen LogP contribution in [0.5, 0.6) is 0 Å². The number of hydrogen-bond acceptors (Lipinski definition) is 4. The molecule has 122 valence electrons. The molecule has 1 rings (SSSR count). The predicted molar refractivity (Wildman–Crippen MR) is 83.5 cm³/mol. The van der Waals surface area contributed by atoms with E-state index in [4.69, 9.17) is 10.5 Å². The lowest BCUT2D eigenvalue weighted by atomic mass is 10.4. The van der Waals surface area contributed by atoms with Crippen LogP contribution in [0, 0.1) is 0 Å². The molecule has 1 heterocycles. The molecule has 7 heteroatoms. The van der Waals surface area contributed by atoms with Crippen LogP contribution in [-0.4, -0.2) is 32.7 Å². The number of nitrogens with zero attached hydrogens (tertiary/aromatic N) is 1. The van der Waals surface area contributed by atoms with E-state index >= 15 is 0 Å². The molecule has 0 aromatic carbocycles. The topological polar surface area (TPSA) is 86.3 Å². The lowest BCUT2D eigenvalue weighted by Gasteiger charge is -2.05. The first kappa shape index (κ1) is 18.2. The van der Waals surface area contributed by atoms with Gasteiger partial charge in [0.15, 0.2) is 0 Å². The highest BCUT2D eigenvalue weighted by atomic mass is 32.2. The lowest BCUT2D eigenvalue weighted by Crippen LogP contribution is -2.25. The van der Waals surface area contributed by atoms with Crippen LogP contribution in [0.1, 0.15) is 38.8 Å². The Morgan fingerprint density at radius 1 is 1.29 bits per heavy atom. The van der Waals surface area contributed by atoms with Crippen molar-refractivity contribution >= 4 is 10.0 Å². The van der Waals surface area contributed by atoms with E-state index < -0.39 is 10.0 Å². The second kappa shape index (κ2) is 9.19. The van der Waals surface area contributed by atoms with Gasteiger partial charge in [0.2, 0.25) is 10.0 Å². The SMILES string of the molecule is CCCOCCCNS(=O)(=O)c1cc(CN)n(CCC)c1. The van der Waals surface area contributed by atoms with Crippen LogP contribution in [0.2, 0.25) is 0 Å². The minimum atomic E-state index is -3.47. The van der Waals surface area contributed by atoms with Crippen molar-refractivity contribution in [2.24, 2.45) is 5.73 Å². The van der Waals surface area contributed by atoms with Gasteiger partial charge in [0, 0.05) is 44.7 Å². The molecular formula is C14H27N3O3S. The van der Waals surface area contributed by atoms with Crippen LogP contribution in [0.3, 0.4) is 0 Å². The number of ether oxygens (including phenoxy) is 1. The normalized spacial score (nSPS) is 12.0. The lowest BCUT2D eigenvalue weighted by molar-refractivity contribution is 0.133. The zero-order chi connectivity index (χ0) is 15.7. The fourth-order valence-electron chi connectivity index (χ4n) is 2.00. The fourth-order valence-corrected chi connectivity index (χ4v) is 3.14. The van der Waals surface area contributed by atoms with E-state index in [9.17, 15) is 8.42 Å². The van der Waals surface area contributed by atoms with Gasteiger partial charge in [-0.3, -0.25) is 0 Å². The van der Waals surface area contributed by atoms with Crippen LogP contribution < -0.4 is 10.5 Å². The summed E-state index contributed by atoms with van der Waals surface area (Å²) in [5.41, 5.74) is 6.49. The number of hydrogen-bond donors (Lipinski definition) is 2. The van der Waals surface area contributed by atoms with Gasteiger partial charge < -0.3 is 15.0 Å². The third-order valence-electron chi connectivity index (χ3n) is 3.05. The van der Waals surface area contributed by atoms with Crippen molar-refractivity contribution in [3.63, 3.8) is 0 Å². The number of aromatic nitrogens is 1. The van der Waals surface area contributed by atoms with Crippen molar-refractivity contribution in [1.82, 2.24) is 9.29 Å². The van der Waals surface area contributed by atoms with E-state index in [2.05, 4.69) is 4.72 Å². The molecule has 0 unspecified atom stereocenters. The molecule has 0 fully saturated rings. The summed E-state index contributed by atoms with van der Waals surface area (Å²) in [6, 6.07) is 1.64. The Balaban J connectivity index is 2.57. The zero-order valence-electron chi connectivity index (χ0n) is 13.0. The van der Waals surface area contributed by atoms with E-state index in [-0.39, 0.29) is 4.90 Å². The quantitative estimate of drug-likeness (QED) is 0.605. The highest BCUT2D eigenvalue weighted by Crippen LogP contribution is 2.14. The molecule has 0 saturated carbocycles. The number of rotatable bonds is 11. The van der Waals surface area contributed by atoms with Gasteiger partial charge in [0.25, 0.3) is 0 Å². The summed E-state index contributed by atoms with van der Waals surface area (Å²) in [6.45, 7) is 6.85. The Hall–Kier alpha value is -0.890. The van der Waals surface area contributed by atoms with E-state index in [0.717, 1.165) is 25.1 Å². The van der Waals surface area contributed by atoms with Crippen molar-refractivity contribution in [2.45, 2.75) is 51.1 Å². The highest BCUT2D eigenvalue weighted by molar-refractivity contribution is 7.89. The molecule has 1 aromatic rings. The maximum atomic E-state index is 12.2. The standard InChI is InChI=1S/C14H27N3O3S/c1-3-7-17-12-14(10-13(17)11-15)21(18,19)16-6-5-9-20-8-4-2/h10,12,16H,3-9,11,15H2,1-2H3. The third-order valence-corrected chi connectivity index (χ3v) is 4.48. The first-order chi connectivity index (χ1) is 10.0. The van der Waals surface area contributed by atoms with Gasteiger partial charge in [-0.25, -0.2) is 13.1 Å². The second-order valence-corrected chi connectivity index (χ2v) is 6.70. The maximum absolute atomic E-state index is 12.2. The molecule has 0 aliphatic heterocycles. The average molecular weight is 317 g/mol. The molecule has 0 spiro atoms. The van der Waals surface area contributed by atoms with Gasteiger partial charge in [0.1, 0.15) is 0 Å². The Morgan fingerprint density at radius 3 is 2.67 bits per heavy atom. The van der Waals surface area contributed by atoms with Crippen LogP contribution in [-0.2, 0) is 27.8 Å². The highest BCUT2D eigenvalue weighted by Gasteiger charge is 2.17. The number of sulfonamides is 1. The van der Waals surface area contributed by atoms with Crippen LogP contribution >= 0.6 is 0 Å². The second-order valence-electron chi connectivity index (χ2n) is 4.93. The van der Waals surface area contributed by atoms with Crippen molar-refractivity contribution in [1.29, 1.82) is 0 Å². The van der Waals surface area contributed by atoms with E-state index in [1.54, 1.807) is 12.3 Å². The van der Waals surface area contributed by atoms with E-state index in [1.807, 2.05) is 18.4 Å². The summed E-state index contributed by atoms with van der Waals surface area (Å²) in [4.78, 5) is 0.283. The molecule has 1 aromatic heterocycles. The zero-order valence-corrected chi connectivity index (χ0v) is 13.8. The average Bonchev–Trinajstić information content (AvgIpc) is 2.87. The minimum Gasteiger partial charge on any atom is -0.381 e. The summed E-state index contributed by atoms with van der Waals surface area (Å²) < 4.78 is 34.2. The maximum Gasteiger partial charge on any atom is 0.242 e. The monoisotopic (exact) mass is 317 g/mol. The van der Waals surface area contributed by atoms with Gasteiger partial charge in [0.05, 0.1) is 4.90 Å². The summed E-state index contributed by atoms with van der Waals surface area (Å²) in [7, 11) is -3.47. The predicted octanol–water partition coefficient (Wildman–Crippen LogP) is 1.45. The van der Waals surface area contributed by atoms with E-state index in [0.29, 0.717) is 32.7 Å². The molecule has 0 bridgehead atoms. The van der Waals surface area contributed by atoms with Crippen molar-refractivity contribution < 1.29 is 13.2 Å². The molecule has 21 heavy (non-hydrogen) atoms. The Morgan fingerprint density at radius 2 is 2.05 bits per heavy atom. The van der Waals surface area contributed by atoms with Crippen molar-refractivity contribution in [3.05, 3.63) is 18.0 Å². The molecule has 0 atom stereocenters. The Kier molecular flexibility index (Phi) is 7.95. The van der Waals surface area contributed by atoms with Crippen LogP contribution in [0.25, 0.3) is 0 Å². The van der Waals surface area contributed by atoms with Crippen LogP contribution in [0.15, 0.2) is 17.2 Å². The minimum absolute atomic E-state index is 0.283. The Bertz CT molecular complexity index is 512. The van der Waals surface area contributed by atoms with E-state index in [1.165, 1.54) is 0 Å². The first-order valence-corrected chi connectivity index (χ1v) is 9.00. The summed E-state index contributed by atoms with van der Waals surface area (Å²) in [5.74, 6) is 0. The first-order valence-electron chi connectivity index (χ1n) is 7.51. The van der Waals surface area contributed by atoms with Crippen LogP contribution in [0.4, 0.5) is 0 Å². The summed E-state index contributed by atoms with van der Waals surface area (Å²) >= 11 is 0. The number of nitrogens with one attached hydrogen (secondary N) is 1. The molecule has 0 saturated heterocycles. The molecule has 0 amide bonds. The Labute approximate surface area is 127 Å².